The Kier molecular flexibility index (Phi) is 5.40. The molecule has 5 nitrogen and oxygen atoms in total. The molecule has 0 aromatic rings. The molecule has 0 atom stereocenters. The minimum atomic E-state index is -3.39. The predicted molar refractivity (Wildman–Crippen MR) is 68.7 cm³/mol. The van der Waals surface area contributed by atoms with E-state index in [0.717, 1.165) is 13.0 Å². The van der Waals surface area contributed by atoms with Crippen LogP contribution in [0.15, 0.2) is 0 Å². The molecule has 0 spiro atoms. The molecular weight excluding hydrogens is 238 g/mol. The first kappa shape index (κ1) is 14.5. The molecule has 0 radical (unpaired) electrons. The number of terminal acetylenes is 1. The van der Waals surface area contributed by atoms with Gasteiger partial charge in [-0.05, 0) is 25.8 Å². The van der Waals surface area contributed by atoms with Crippen molar-refractivity contribution in [2.45, 2.75) is 25.3 Å². The minimum Gasteiger partial charge on any atom is -0.314 e. The van der Waals surface area contributed by atoms with Gasteiger partial charge in [-0.1, -0.05) is 5.92 Å². The van der Waals surface area contributed by atoms with Gasteiger partial charge in [-0.15, -0.1) is 6.42 Å². The van der Waals surface area contributed by atoms with Crippen molar-refractivity contribution < 1.29 is 8.42 Å². The Morgan fingerprint density at radius 3 is 2.53 bits per heavy atom. The van der Waals surface area contributed by atoms with Crippen LogP contribution in [0.4, 0.5) is 0 Å². The van der Waals surface area contributed by atoms with E-state index in [2.05, 4.69) is 11.2 Å². The third-order valence-corrected chi connectivity index (χ3v) is 4.65. The number of nitrogens with one attached hydrogen (secondary N) is 1. The molecule has 1 fully saturated rings. The van der Waals surface area contributed by atoms with Crippen LogP contribution < -0.4 is 5.32 Å². The Morgan fingerprint density at radius 2 is 2.00 bits per heavy atom. The molecule has 1 rings (SSSR count). The fourth-order valence-electron chi connectivity index (χ4n) is 1.46. The van der Waals surface area contributed by atoms with E-state index in [0.29, 0.717) is 12.6 Å². The highest BCUT2D eigenvalue weighted by Gasteiger charge is 2.23. The molecule has 0 bridgehead atoms. The Hall–Kier alpha value is -0.610. The first-order valence-electron chi connectivity index (χ1n) is 5.83. The van der Waals surface area contributed by atoms with E-state index in [4.69, 9.17) is 6.42 Å². The van der Waals surface area contributed by atoms with Crippen LogP contribution in [0.2, 0.25) is 0 Å². The normalized spacial score (nSPS) is 16.4. The summed E-state index contributed by atoms with van der Waals surface area (Å²) in [7, 11) is -0.313. The second kappa shape index (κ2) is 6.36. The molecule has 0 unspecified atom stereocenters. The Balaban J connectivity index is 2.28. The summed E-state index contributed by atoms with van der Waals surface area (Å²) >= 11 is 0. The summed E-state index contributed by atoms with van der Waals surface area (Å²) in [5, 5.41) is 3.35. The predicted octanol–water partition coefficient (Wildman–Crippen LogP) is -0.130. The first-order chi connectivity index (χ1) is 7.98. The van der Waals surface area contributed by atoms with Gasteiger partial charge in [0.15, 0.2) is 0 Å². The molecule has 0 saturated heterocycles. The van der Waals surface area contributed by atoms with Crippen molar-refractivity contribution in [1.82, 2.24) is 13.9 Å². The third kappa shape index (κ3) is 4.64. The van der Waals surface area contributed by atoms with Gasteiger partial charge in [0.1, 0.15) is 0 Å². The van der Waals surface area contributed by atoms with Gasteiger partial charge >= 0.3 is 0 Å². The molecule has 1 saturated carbocycles. The molecule has 0 aromatic heterocycles. The molecular formula is C11H21N3O2S. The number of hydrogen-bond donors (Lipinski definition) is 1. The van der Waals surface area contributed by atoms with Gasteiger partial charge < -0.3 is 5.32 Å². The van der Waals surface area contributed by atoms with Crippen LogP contribution in [0.25, 0.3) is 0 Å². The van der Waals surface area contributed by atoms with Gasteiger partial charge in [0.25, 0.3) is 10.2 Å². The zero-order valence-electron chi connectivity index (χ0n) is 10.5. The van der Waals surface area contributed by atoms with Crippen LogP contribution in [0.1, 0.15) is 19.3 Å². The average Bonchev–Trinajstić information content (AvgIpc) is 3.08. The van der Waals surface area contributed by atoms with Crippen LogP contribution in [0.3, 0.4) is 0 Å². The fourth-order valence-corrected chi connectivity index (χ4v) is 2.53. The van der Waals surface area contributed by atoms with Crippen molar-refractivity contribution in [1.29, 1.82) is 0 Å². The Morgan fingerprint density at radius 1 is 1.35 bits per heavy atom. The molecule has 6 heteroatoms. The number of nitrogens with zero attached hydrogens (tertiary/aromatic N) is 2. The lowest BCUT2D eigenvalue weighted by molar-refractivity contribution is 0.401. The van der Waals surface area contributed by atoms with Crippen molar-refractivity contribution >= 4 is 10.2 Å². The molecule has 0 aromatic carbocycles. The van der Waals surface area contributed by atoms with E-state index in [1.807, 2.05) is 0 Å². The SMILES string of the molecule is C#CCN(C)S(=O)(=O)N(C)CCCNC1CC1. The molecule has 0 aliphatic heterocycles. The van der Waals surface area contributed by atoms with Crippen LogP contribution >= 0.6 is 0 Å². The van der Waals surface area contributed by atoms with E-state index < -0.39 is 10.2 Å². The summed E-state index contributed by atoms with van der Waals surface area (Å²) < 4.78 is 26.3. The summed E-state index contributed by atoms with van der Waals surface area (Å²) in [6.45, 7) is 1.48. The number of rotatable bonds is 8. The van der Waals surface area contributed by atoms with Gasteiger partial charge in [0, 0.05) is 26.7 Å². The maximum atomic E-state index is 11.9. The second-order valence-corrected chi connectivity index (χ2v) is 6.51. The Bertz CT molecular complexity index is 371. The van der Waals surface area contributed by atoms with Crippen LogP contribution in [-0.4, -0.2) is 56.8 Å². The van der Waals surface area contributed by atoms with Crippen molar-refractivity contribution in [3.63, 3.8) is 0 Å². The van der Waals surface area contributed by atoms with E-state index in [9.17, 15) is 8.42 Å². The maximum Gasteiger partial charge on any atom is 0.282 e. The molecule has 1 aliphatic carbocycles. The van der Waals surface area contributed by atoms with Gasteiger partial charge in [-0.25, -0.2) is 0 Å². The zero-order chi connectivity index (χ0) is 12.9. The summed E-state index contributed by atoms with van der Waals surface area (Å²) in [4.78, 5) is 0. The van der Waals surface area contributed by atoms with Crippen molar-refractivity contribution in [3.05, 3.63) is 0 Å². The fraction of sp³-hybridized carbons (Fsp3) is 0.818. The highest BCUT2D eigenvalue weighted by molar-refractivity contribution is 7.86. The lowest BCUT2D eigenvalue weighted by atomic mass is 10.4. The maximum absolute atomic E-state index is 11.9. The van der Waals surface area contributed by atoms with Crippen LogP contribution in [0, 0.1) is 12.3 Å². The molecule has 1 aliphatic rings. The van der Waals surface area contributed by atoms with E-state index in [1.54, 1.807) is 7.05 Å². The van der Waals surface area contributed by atoms with Crippen molar-refractivity contribution in [2.24, 2.45) is 0 Å². The van der Waals surface area contributed by atoms with Crippen LogP contribution in [0.5, 0.6) is 0 Å². The summed E-state index contributed by atoms with van der Waals surface area (Å²) in [5.41, 5.74) is 0. The van der Waals surface area contributed by atoms with Crippen LogP contribution in [-0.2, 0) is 10.2 Å². The number of hydrogen-bond acceptors (Lipinski definition) is 3. The quantitative estimate of drug-likeness (QED) is 0.488. The van der Waals surface area contributed by atoms with E-state index in [1.165, 1.54) is 28.5 Å². The molecule has 17 heavy (non-hydrogen) atoms. The largest absolute Gasteiger partial charge is 0.314 e. The lowest BCUT2D eigenvalue weighted by Crippen LogP contribution is -2.40. The topological polar surface area (TPSA) is 52.7 Å². The highest BCUT2D eigenvalue weighted by atomic mass is 32.2. The van der Waals surface area contributed by atoms with Gasteiger partial charge in [-0.3, -0.25) is 0 Å². The lowest BCUT2D eigenvalue weighted by Gasteiger charge is -2.22. The minimum absolute atomic E-state index is 0.104. The zero-order valence-corrected chi connectivity index (χ0v) is 11.3. The second-order valence-electron chi connectivity index (χ2n) is 4.37. The van der Waals surface area contributed by atoms with E-state index >= 15 is 0 Å². The third-order valence-electron chi connectivity index (χ3n) is 2.76. The molecule has 0 heterocycles. The first-order valence-corrected chi connectivity index (χ1v) is 7.22. The van der Waals surface area contributed by atoms with Gasteiger partial charge in [0.05, 0.1) is 6.54 Å². The molecule has 98 valence electrons. The highest BCUT2D eigenvalue weighted by Crippen LogP contribution is 2.18. The molecule has 0 amide bonds. The summed E-state index contributed by atoms with van der Waals surface area (Å²) in [5.74, 6) is 2.33. The van der Waals surface area contributed by atoms with Gasteiger partial charge in [0.2, 0.25) is 0 Å². The van der Waals surface area contributed by atoms with Crippen molar-refractivity contribution in [3.8, 4) is 12.3 Å². The average molecular weight is 259 g/mol. The van der Waals surface area contributed by atoms with Gasteiger partial charge in [-0.2, -0.15) is 17.0 Å². The van der Waals surface area contributed by atoms with Crippen molar-refractivity contribution in [2.75, 3.05) is 33.7 Å². The smallest absolute Gasteiger partial charge is 0.282 e. The standard InChI is InChI=1S/C11H21N3O2S/c1-4-9-13(2)17(15,16)14(3)10-5-8-12-11-6-7-11/h1,11-12H,5-10H2,2-3H3. The summed E-state index contributed by atoms with van der Waals surface area (Å²) in [6.07, 6.45) is 8.42. The monoisotopic (exact) mass is 259 g/mol. The van der Waals surface area contributed by atoms with E-state index in [-0.39, 0.29) is 6.54 Å². The summed E-state index contributed by atoms with van der Waals surface area (Å²) in [6, 6.07) is 0.668. The Labute approximate surface area is 104 Å². The molecule has 1 N–H and O–H groups in total.